The molecular weight excluding hydrogens is 1480 g/mol. The van der Waals surface area contributed by atoms with Crippen LogP contribution in [0.15, 0.2) is 99.2 Å². The molecule has 0 aromatic rings. The van der Waals surface area contributed by atoms with Gasteiger partial charge in [-0.25, -0.2) is 38.4 Å². The molecular formula is C102H188O16. The number of rotatable bonds is 70. The number of ether oxygens (including phenoxy) is 8. The number of hydrogen-bond donors (Lipinski definition) is 0. The van der Waals surface area contributed by atoms with Crippen LogP contribution in [0.3, 0.4) is 0 Å². The second-order valence-corrected chi connectivity index (χ2v) is 32.4. The van der Waals surface area contributed by atoms with E-state index in [1.807, 2.05) is 0 Å². The van der Waals surface area contributed by atoms with E-state index in [4.69, 9.17) is 37.9 Å². The molecule has 0 bridgehead atoms. The Hall–Kier alpha value is -6.32. The van der Waals surface area contributed by atoms with Crippen LogP contribution in [0.2, 0.25) is 0 Å². The van der Waals surface area contributed by atoms with Crippen molar-refractivity contribution in [2.75, 3.05) is 52.9 Å². The molecule has 0 saturated carbocycles. The average molecular weight is 1670 g/mol. The van der Waals surface area contributed by atoms with Crippen molar-refractivity contribution in [1.29, 1.82) is 0 Å². The van der Waals surface area contributed by atoms with Crippen molar-refractivity contribution >= 4 is 47.8 Å². The van der Waals surface area contributed by atoms with E-state index in [-0.39, 0.29) is 47.8 Å². The normalized spacial score (nSPS) is 10.4. The first-order valence-corrected chi connectivity index (χ1v) is 46.9. The molecule has 0 aromatic carbocycles. The molecule has 0 N–H and O–H groups in total. The first kappa shape index (κ1) is 127. The zero-order chi connectivity index (χ0) is 90.7. The molecule has 0 heterocycles. The van der Waals surface area contributed by atoms with E-state index in [1.54, 1.807) is 27.7 Å². The molecule has 0 fully saturated rings. The zero-order valence-corrected chi connectivity index (χ0v) is 79.8. The highest BCUT2D eigenvalue weighted by molar-refractivity contribution is 5.88. The summed E-state index contributed by atoms with van der Waals surface area (Å²) in [5.74, 6) is 0.625. The van der Waals surface area contributed by atoms with Crippen LogP contribution < -0.4 is 0 Å². The van der Waals surface area contributed by atoms with Crippen LogP contribution in [0.1, 0.15) is 432 Å². The molecule has 0 saturated heterocycles. The summed E-state index contributed by atoms with van der Waals surface area (Å²) in [4.78, 5) is 86.8. The molecule has 0 amide bonds. The van der Waals surface area contributed by atoms with Crippen LogP contribution in [-0.4, -0.2) is 101 Å². The number of unbranched alkanes of at least 4 members (excludes halogenated alkanes) is 37. The molecule has 0 radical (unpaired) electrons. The van der Waals surface area contributed by atoms with Crippen molar-refractivity contribution in [3.05, 3.63) is 99.2 Å². The summed E-state index contributed by atoms with van der Waals surface area (Å²) in [5.41, 5.74) is 1.93. The van der Waals surface area contributed by atoms with Gasteiger partial charge in [0.05, 0.1) is 52.9 Å². The van der Waals surface area contributed by atoms with Gasteiger partial charge in [0.25, 0.3) is 0 Å². The van der Waals surface area contributed by atoms with E-state index < -0.39 is 0 Å². The lowest BCUT2D eigenvalue weighted by Crippen LogP contribution is -2.14. The molecule has 0 aliphatic rings. The lowest BCUT2D eigenvalue weighted by atomic mass is 10.0. The van der Waals surface area contributed by atoms with Gasteiger partial charge in [-0.15, -0.1) is 0 Å². The van der Waals surface area contributed by atoms with Gasteiger partial charge in [-0.2, -0.15) is 0 Å². The van der Waals surface area contributed by atoms with Gasteiger partial charge in [0.15, 0.2) is 0 Å². The Labute approximate surface area is 727 Å². The van der Waals surface area contributed by atoms with Crippen molar-refractivity contribution in [2.45, 2.75) is 432 Å². The third-order valence-corrected chi connectivity index (χ3v) is 18.5. The van der Waals surface area contributed by atoms with Crippen molar-refractivity contribution < 1.29 is 76.3 Å². The molecule has 0 aliphatic carbocycles. The SMILES string of the molecule is C=C(C)C(=O)OCC(CC)CCCC.C=C(C)C(=O)OCCCCCCCC(C)C.C=C(C)C(=O)OCCCCCCCCC.C=C(C)C(=O)OCCCCCCCCCC.C=CC(=O)OCCCCCC(C)C.C=CC(=O)OCCCCCCCC(C)C.C=CC(=O)OCCCCCCCCC.C=CC(=O)OCCCCCCCCCC. The highest BCUT2D eigenvalue weighted by atomic mass is 16.6. The van der Waals surface area contributed by atoms with E-state index in [2.05, 4.69) is 136 Å². The molecule has 0 rings (SSSR count). The molecule has 16 heteroatoms. The predicted molar refractivity (Wildman–Crippen MR) is 501 cm³/mol. The summed E-state index contributed by atoms with van der Waals surface area (Å²) >= 11 is 0. The summed E-state index contributed by atoms with van der Waals surface area (Å²) < 4.78 is 39.6. The van der Waals surface area contributed by atoms with Gasteiger partial charge in [-0.05, 0) is 103 Å². The lowest BCUT2D eigenvalue weighted by Gasteiger charge is -2.14. The number of carbonyl (C=O) groups excluding carboxylic acids is 8. The van der Waals surface area contributed by atoms with Crippen LogP contribution >= 0.6 is 0 Å². The second kappa shape index (κ2) is 107. The summed E-state index contributed by atoms with van der Waals surface area (Å²) in [6, 6.07) is 0. The quantitative estimate of drug-likeness (QED) is 0.0240. The summed E-state index contributed by atoms with van der Waals surface area (Å²) in [5, 5.41) is 0. The zero-order valence-electron chi connectivity index (χ0n) is 79.8. The van der Waals surface area contributed by atoms with Gasteiger partial charge in [-0.1, -0.05) is 405 Å². The fourth-order valence-corrected chi connectivity index (χ4v) is 10.8. The fraction of sp³-hybridized carbons (Fsp3) is 0.765. The third kappa shape index (κ3) is 125. The Balaban J connectivity index is -0.000000195. The molecule has 1 atom stereocenters. The molecule has 692 valence electrons. The number of carbonyl (C=O) groups is 8. The molecule has 0 spiro atoms. The maximum Gasteiger partial charge on any atom is 0.333 e. The predicted octanol–water partition coefficient (Wildman–Crippen LogP) is 29.5. The third-order valence-electron chi connectivity index (χ3n) is 18.5. The molecule has 0 aliphatic heterocycles. The van der Waals surface area contributed by atoms with E-state index in [0.717, 1.165) is 120 Å². The highest BCUT2D eigenvalue weighted by Gasteiger charge is 2.11. The van der Waals surface area contributed by atoms with Crippen molar-refractivity contribution in [1.82, 2.24) is 0 Å². The second-order valence-electron chi connectivity index (χ2n) is 32.4. The maximum absolute atomic E-state index is 11.1. The number of esters is 8. The number of hydrogen-bond acceptors (Lipinski definition) is 16. The smallest absolute Gasteiger partial charge is 0.333 e. The van der Waals surface area contributed by atoms with Crippen LogP contribution in [0, 0.1) is 23.7 Å². The van der Waals surface area contributed by atoms with Crippen molar-refractivity contribution in [3.63, 3.8) is 0 Å². The van der Waals surface area contributed by atoms with E-state index in [9.17, 15) is 38.4 Å². The monoisotopic (exact) mass is 1670 g/mol. The Morgan fingerprint density at radius 3 is 0.576 bits per heavy atom. The van der Waals surface area contributed by atoms with Gasteiger partial charge in [0, 0.05) is 46.6 Å². The van der Waals surface area contributed by atoms with Crippen molar-refractivity contribution in [2.24, 2.45) is 23.7 Å². The van der Waals surface area contributed by atoms with Gasteiger partial charge < -0.3 is 37.9 Å². The first-order valence-electron chi connectivity index (χ1n) is 46.9. The largest absolute Gasteiger partial charge is 0.463 e. The van der Waals surface area contributed by atoms with E-state index in [1.165, 1.54) is 243 Å². The standard InChI is InChI=1S/2C14H26O2.3C13H24O2.2C12H22O2.C11H20O2/c1-12(2)10-8-6-5-7-9-11-16-14(15)13(3)4;1-4-5-6-7-8-9-10-11-12-16-14(15)13(2)3;1-4-13(14)15-11-9-7-5-6-8-10-12(2)3;1-4-5-6-7-8-9-10-11-15-13(14)12(2)3;1-3-5-6-7-8-9-10-11-12-15-13(14)4-2;1-5-7-8-11(6-2)9-14-12(13)10(3)4;1-3-5-6-7-8-9-10-11-14-12(13)4-2;1-4-11(12)13-9-7-5-6-8-10(2)3/h12H,3,5-11H2,1-2,4H3;2,4-12H2,1,3H3;4,12H,1,5-11H2,2-3H3;2,4-11H2,1,3H3;4H,2-3,5-12H2,1H3;11H,3,5-9H2,1-2,4H3;4H,2-3,5-11H2,1H3;4,10H,1,5-9H2,2-3H3. The molecule has 1 unspecified atom stereocenters. The maximum atomic E-state index is 11.1. The lowest BCUT2D eigenvalue weighted by molar-refractivity contribution is -0.141. The van der Waals surface area contributed by atoms with Crippen molar-refractivity contribution in [3.8, 4) is 0 Å². The van der Waals surface area contributed by atoms with Crippen LogP contribution in [0.4, 0.5) is 0 Å². The van der Waals surface area contributed by atoms with Crippen LogP contribution in [0.25, 0.3) is 0 Å². The minimum Gasteiger partial charge on any atom is -0.463 e. The molecule has 16 nitrogen and oxygen atoms in total. The van der Waals surface area contributed by atoms with E-state index >= 15 is 0 Å². The summed E-state index contributed by atoms with van der Waals surface area (Å²) in [6.07, 6.45) is 66.2. The van der Waals surface area contributed by atoms with Crippen LogP contribution in [0.5, 0.6) is 0 Å². The van der Waals surface area contributed by atoms with Gasteiger partial charge in [0.2, 0.25) is 0 Å². The molecule has 0 aromatic heterocycles. The van der Waals surface area contributed by atoms with Gasteiger partial charge in [-0.3, -0.25) is 0 Å². The minimum absolute atomic E-state index is 0.261. The first-order chi connectivity index (χ1) is 56.5. The van der Waals surface area contributed by atoms with Crippen LogP contribution in [-0.2, 0) is 76.3 Å². The average Bonchev–Trinajstić information content (AvgIpc) is 0.968. The van der Waals surface area contributed by atoms with E-state index in [0.29, 0.717) is 81.1 Å². The topological polar surface area (TPSA) is 210 Å². The summed E-state index contributed by atoms with van der Waals surface area (Å²) in [6.45, 7) is 65.2. The minimum atomic E-state index is -0.316. The molecule has 118 heavy (non-hydrogen) atoms. The Bertz CT molecular complexity index is 2380. The Kier molecular flexibility index (Phi) is 115. The fourth-order valence-electron chi connectivity index (χ4n) is 10.8. The Morgan fingerprint density at radius 1 is 0.229 bits per heavy atom. The van der Waals surface area contributed by atoms with Gasteiger partial charge >= 0.3 is 47.8 Å². The Morgan fingerprint density at radius 2 is 0.398 bits per heavy atom. The summed E-state index contributed by atoms with van der Waals surface area (Å²) in [7, 11) is 0. The van der Waals surface area contributed by atoms with Gasteiger partial charge in [0.1, 0.15) is 0 Å². The highest BCUT2D eigenvalue weighted by Crippen LogP contribution is 2.17.